The Hall–Kier alpha value is -0.0800. The van der Waals surface area contributed by atoms with Crippen LogP contribution in [0.2, 0.25) is 0 Å². The summed E-state index contributed by atoms with van der Waals surface area (Å²) < 4.78 is 0.819. The van der Waals surface area contributed by atoms with Crippen LogP contribution >= 0.6 is 0 Å². The van der Waals surface area contributed by atoms with Gasteiger partial charge in [-0.1, -0.05) is 0 Å². The van der Waals surface area contributed by atoms with Gasteiger partial charge in [0.2, 0.25) is 0 Å². The van der Waals surface area contributed by atoms with Crippen LogP contribution < -0.4 is 0 Å². The van der Waals surface area contributed by atoms with Crippen molar-refractivity contribution in [2.24, 2.45) is 0 Å². The first-order valence-electron chi connectivity index (χ1n) is 3.17. The summed E-state index contributed by atoms with van der Waals surface area (Å²) in [7, 11) is 3.92. The Bertz CT molecular complexity index is 76.6. The normalized spacial score (nSPS) is 26.2. The van der Waals surface area contributed by atoms with Gasteiger partial charge in [0, 0.05) is 12.8 Å². The molecule has 0 N–H and O–H groups in total. The molecule has 1 heterocycles. The molecular formula is C6H14NO+. The zero-order valence-corrected chi connectivity index (χ0v) is 5.68. The van der Waals surface area contributed by atoms with Crippen molar-refractivity contribution in [1.82, 2.24) is 0 Å². The topological polar surface area (TPSA) is 9.23 Å². The maximum atomic E-state index is 5.24. The second-order valence-electron chi connectivity index (χ2n) is 2.63. The first-order chi connectivity index (χ1) is 3.77. The van der Waals surface area contributed by atoms with Crippen LogP contribution in [0.1, 0.15) is 12.8 Å². The van der Waals surface area contributed by atoms with Crippen LogP contribution in [0.5, 0.6) is 0 Å². The average Bonchev–Trinajstić information content (AvgIpc) is 2.17. The number of hydroxylamine groups is 3. The van der Waals surface area contributed by atoms with Gasteiger partial charge in [0.05, 0.1) is 14.2 Å². The van der Waals surface area contributed by atoms with Crippen molar-refractivity contribution in [2.75, 3.05) is 27.2 Å². The van der Waals surface area contributed by atoms with Gasteiger partial charge >= 0.3 is 0 Å². The molecule has 1 fully saturated rings. The van der Waals surface area contributed by atoms with Crippen molar-refractivity contribution in [1.29, 1.82) is 0 Å². The largest absolute Gasteiger partial charge is 0.206 e. The Kier molecular flexibility index (Phi) is 1.54. The van der Waals surface area contributed by atoms with E-state index in [0.29, 0.717) is 0 Å². The molecule has 0 radical (unpaired) electrons. The number of quaternary nitrogens is 1. The number of rotatable bonds is 1. The maximum Gasteiger partial charge on any atom is 0.109 e. The van der Waals surface area contributed by atoms with Crippen LogP contribution in [0, 0.1) is 0 Å². The van der Waals surface area contributed by atoms with E-state index in [4.69, 9.17) is 4.84 Å². The first-order valence-corrected chi connectivity index (χ1v) is 3.17. The zero-order valence-electron chi connectivity index (χ0n) is 5.68. The summed E-state index contributed by atoms with van der Waals surface area (Å²) in [4.78, 5) is 5.24. The molecule has 0 aliphatic carbocycles. The van der Waals surface area contributed by atoms with Gasteiger partial charge in [-0.2, -0.15) is 4.65 Å². The van der Waals surface area contributed by atoms with E-state index in [2.05, 4.69) is 7.05 Å². The summed E-state index contributed by atoms with van der Waals surface area (Å²) in [6.45, 7) is 2.38. The highest BCUT2D eigenvalue weighted by Gasteiger charge is 2.26. The second-order valence-corrected chi connectivity index (χ2v) is 2.63. The monoisotopic (exact) mass is 116 g/mol. The van der Waals surface area contributed by atoms with E-state index in [1.54, 1.807) is 7.11 Å². The molecule has 0 aromatic rings. The minimum atomic E-state index is 0.819. The highest BCUT2D eigenvalue weighted by molar-refractivity contribution is 4.44. The summed E-state index contributed by atoms with van der Waals surface area (Å²) in [6, 6.07) is 0. The van der Waals surface area contributed by atoms with Gasteiger partial charge in [-0.25, -0.2) is 4.84 Å². The number of likely N-dealkylation sites (tertiary alicyclic amines) is 1. The van der Waals surface area contributed by atoms with Crippen molar-refractivity contribution >= 4 is 0 Å². The van der Waals surface area contributed by atoms with Crippen LogP contribution in [0.25, 0.3) is 0 Å². The fraction of sp³-hybridized carbons (Fsp3) is 1.00. The van der Waals surface area contributed by atoms with Gasteiger partial charge in [0.25, 0.3) is 0 Å². The molecule has 0 bridgehead atoms. The molecule has 48 valence electrons. The highest BCUT2D eigenvalue weighted by Crippen LogP contribution is 2.14. The van der Waals surface area contributed by atoms with Gasteiger partial charge in [-0.15, -0.1) is 0 Å². The third-order valence-corrected chi connectivity index (χ3v) is 1.95. The SMILES string of the molecule is CO[N+]1(C)CCCC1. The lowest BCUT2D eigenvalue weighted by Gasteiger charge is -2.23. The maximum absolute atomic E-state index is 5.24. The fourth-order valence-electron chi connectivity index (χ4n) is 1.19. The van der Waals surface area contributed by atoms with E-state index in [1.807, 2.05) is 0 Å². The predicted octanol–water partition coefficient (Wildman–Crippen LogP) is 0.788. The Labute approximate surface area is 50.6 Å². The van der Waals surface area contributed by atoms with Crippen molar-refractivity contribution in [3.63, 3.8) is 0 Å². The summed E-state index contributed by atoms with van der Waals surface area (Å²) in [5.41, 5.74) is 0. The minimum absolute atomic E-state index is 0.819. The standard InChI is InChI=1S/C6H14NO/c1-7(8-2)5-3-4-6-7/h3-6H2,1-2H3/q+1. The van der Waals surface area contributed by atoms with E-state index in [-0.39, 0.29) is 0 Å². The predicted molar refractivity (Wildman–Crippen MR) is 32.2 cm³/mol. The number of nitrogens with zero attached hydrogens (tertiary/aromatic N) is 1. The van der Waals surface area contributed by atoms with Crippen molar-refractivity contribution in [3.8, 4) is 0 Å². The molecule has 2 nitrogen and oxygen atoms in total. The van der Waals surface area contributed by atoms with E-state index in [9.17, 15) is 0 Å². The van der Waals surface area contributed by atoms with E-state index >= 15 is 0 Å². The van der Waals surface area contributed by atoms with Gasteiger partial charge in [-0.3, -0.25) is 0 Å². The van der Waals surface area contributed by atoms with Crippen LogP contribution in [-0.4, -0.2) is 31.9 Å². The molecular weight excluding hydrogens is 102 g/mol. The molecule has 0 amide bonds. The molecule has 1 rings (SSSR count). The molecule has 0 atom stereocenters. The van der Waals surface area contributed by atoms with Crippen LogP contribution in [0.3, 0.4) is 0 Å². The molecule has 0 aromatic heterocycles. The fourth-order valence-corrected chi connectivity index (χ4v) is 1.19. The van der Waals surface area contributed by atoms with Crippen LogP contribution in [0.15, 0.2) is 0 Å². The Morgan fingerprint density at radius 1 is 1.25 bits per heavy atom. The van der Waals surface area contributed by atoms with E-state index in [0.717, 1.165) is 4.65 Å². The quantitative estimate of drug-likeness (QED) is 0.460. The third kappa shape index (κ3) is 1.01. The zero-order chi connectivity index (χ0) is 6.04. The van der Waals surface area contributed by atoms with Gasteiger partial charge in [-0.05, 0) is 0 Å². The molecule has 1 aliphatic heterocycles. The van der Waals surface area contributed by atoms with E-state index < -0.39 is 0 Å². The van der Waals surface area contributed by atoms with Gasteiger partial charge in [0.1, 0.15) is 13.1 Å². The molecule has 1 saturated heterocycles. The molecule has 0 saturated carbocycles. The van der Waals surface area contributed by atoms with Gasteiger partial charge in [0.15, 0.2) is 0 Å². The summed E-state index contributed by atoms with van der Waals surface area (Å²) in [5.74, 6) is 0. The van der Waals surface area contributed by atoms with Crippen LogP contribution in [-0.2, 0) is 4.84 Å². The average molecular weight is 116 g/mol. The van der Waals surface area contributed by atoms with Crippen molar-refractivity contribution in [3.05, 3.63) is 0 Å². The minimum Gasteiger partial charge on any atom is -0.206 e. The molecule has 1 aliphatic rings. The first kappa shape index (κ1) is 6.05. The molecule has 2 heteroatoms. The van der Waals surface area contributed by atoms with Crippen molar-refractivity contribution in [2.45, 2.75) is 12.8 Å². The lowest BCUT2D eigenvalue weighted by molar-refractivity contribution is -1.08. The Morgan fingerprint density at radius 2 is 1.75 bits per heavy atom. The summed E-state index contributed by atoms with van der Waals surface area (Å²) in [5, 5.41) is 0. The summed E-state index contributed by atoms with van der Waals surface area (Å²) >= 11 is 0. The van der Waals surface area contributed by atoms with E-state index in [1.165, 1.54) is 25.9 Å². The molecule has 0 spiro atoms. The van der Waals surface area contributed by atoms with Crippen molar-refractivity contribution < 1.29 is 9.48 Å². The molecule has 0 aromatic carbocycles. The summed E-state index contributed by atoms with van der Waals surface area (Å²) in [6.07, 6.45) is 2.65. The second kappa shape index (κ2) is 2.03. The molecule has 0 unspecified atom stereocenters. The number of hydrogen-bond acceptors (Lipinski definition) is 1. The highest BCUT2D eigenvalue weighted by atomic mass is 16.7. The smallest absolute Gasteiger partial charge is 0.109 e. The Morgan fingerprint density at radius 3 is 2.00 bits per heavy atom. The van der Waals surface area contributed by atoms with Gasteiger partial charge < -0.3 is 0 Å². The van der Waals surface area contributed by atoms with Crippen LogP contribution in [0.4, 0.5) is 0 Å². The number of hydrogen-bond donors (Lipinski definition) is 0. The molecule has 8 heavy (non-hydrogen) atoms. The Balaban J connectivity index is 2.40. The lowest BCUT2D eigenvalue weighted by Crippen LogP contribution is -2.39. The third-order valence-electron chi connectivity index (χ3n) is 1.95. The lowest BCUT2D eigenvalue weighted by atomic mass is 10.4.